The lowest BCUT2D eigenvalue weighted by Crippen LogP contribution is -2.34. The van der Waals surface area contributed by atoms with E-state index in [4.69, 9.17) is 4.74 Å². The molecule has 1 aliphatic heterocycles. The van der Waals surface area contributed by atoms with E-state index in [0.29, 0.717) is 5.25 Å². The summed E-state index contributed by atoms with van der Waals surface area (Å²) in [5.74, 6) is 0.920. The number of methoxy groups -OCH3 is 1. The summed E-state index contributed by atoms with van der Waals surface area (Å²) in [6, 6.07) is 8.35. The summed E-state index contributed by atoms with van der Waals surface area (Å²) in [6.45, 7) is 2.21. The molecule has 1 aromatic carbocycles. The van der Waals surface area contributed by atoms with E-state index >= 15 is 0 Å². The molecule has 0 spiro atoms. The molecule has 1 fully saturated rings. The van der Waals surface area contributed by atoms with Gasteiger partial charge in [-0.05, 0) is 37.1 Å². The predicted molar refractivity (Wildman–Crippen MR) is 82.7 cm³/mol. The van der Waals surface area contributed by atoms with E-state index in [1.807, 2.05) is 36.3 Å². The Hall–Kier alpha value is -1.62. The smallest absolute Gasteiger partial charge is 0.118 e. The van der Waals surface area contributed by atoms with E-state index < -0.39 is 0 Å². The van der Waals surface area contributed by atoms with Crippen LogP contribution in [0.2, 0.25) is 0 Å². The predicted octanol–water partition coefficient (Wildman–Crippen LogP) is 3.18. The Morgan fingerprint density at radius 1 is 1.25 bits per heavy atom. The first-order chi connectivity index (χ1) is 9.85. The Kier molecular flexibility index (Phi) is 4.16. The lowest BCUT2D eigenvalue weighted by atomic mass is 10.1. The highest BCUT2D eigenvalue weighted by atomic mass is 32.2. The molecule has 5 heteroatoms. The summed E-state index contributed by atoms with van der Waals surface area (Å²) in [4.78, 5) is 3.72. The molecular weight excluding hydrogens is 270 g/mol. The zero-order valence-corrected chi connectivity index (χ0v) is 12.4. The van der Waals surface area contributed by atoms with Crippen LogP contribution < -0.4 is 9.64 Å². The van der Waals surface area contributed by atoms with Crippen LogP contribution in [0.3, 0.4) is 0 Å². The van der Waals surface area contributed by atoms with Crippen molar-refractivity contribution in [3.8, 4) is 5.75 Å². The molecule has 20 heavy (non-hydrogen) atoms. The van der Waals surface area contributed by atoms with Crippen molar-refractivity contribution in [3.63, 3.8) is 0 Å². The second-order valence-corrected chi connectivity index (χ2v) is 6.31. The molecule has 3 rings (SSSR count). The summed E-state index contributed by atoms with van der Waals surface area (Å²) >= 11 is 1.98. The van der Waals surface area contributed by atoms with Gasteiger partial charge in [0.1, 0.15) is 5.75 Å². The van der Waals surface area contributed by atoms with Gasteiger partial charge in [-0.15, -0.1) is 11.8 Å². The first kappa shape index (κ1) is 13.4. The number of anilines is 1. The maximum Gasteiger partial charge on any atom is 0.118 e. The second kappa shape index (κ2) is 6.22. The van der Waals surface area contributed by atoms with Gasteiger partial charge >= 0.3 is 0 Å². The van der Waals surface area contributed by atoms with Crippen molar-refractivity contribution in [1.82, 2.24) is 10.2 Å². The topological polar surface area (TPSA) is 41.1 Å². The number of aromatic amines is 1. The zero-order chi connectivity index (χ0) is 13.8. The number of nitrogens with one attached hydrogen (secondary N) is 1. The number of benzene rings is 1. The van der Waals surface area contributed by atoms with Crippen LogP contribution >= 0.6 is 11.8 Å². The van der Waals surface area contributed by atoms with Crippen LogP contribution in [-0.2, 0) is 0 Å². The molecule has 0 unspecified atom stereocenters. The Balaban J connectivity index is 1.53. The summed E-state index contributed by atoms with van der Waals surface area (Å²) < 4.78 is 5.19. The van der Waals surface area contributed by atoms with Crippen LogP contribution in [0.1, 0.15) is 12.8 Å². The quantitative estimate of drug-likeness (QED) is 0.938. The number of hydrogen-bond acceptors (Lipinski definition) is 4. The van der Waals surface area contributed by atoms with Crippen molar-refractivity contribution in [1.29, 1.82) is 0 Å². The van der Waals surface area contributed by atoms with Crippen LogP contribution in [0.4, 0.5) is 5.69 Å². The Labute approximate surface area is 123 Å². The van der Waals surface area contributed by atoms with E-state index in [1.54, 1.807) is 7.11 Å². The molecule has 2 heterocycles. The molecule has 0 aliphatic carbocycles. The van der Waals surface area contributed by atoms with E-state index in [-0.39, 0.29) is 0 Å². The van der Waals surface area contributed by atoms with Crippen molar-refractivity contribution in [3.05, 3.63) is 36.7 Å². The second-order valence-electron chi connectivity index (χ2n) is 4.94. The number of piperidine rings is 1. The number of aromatic nitrogens is 2. The van der Waals surface area contributed by atoms with E-state index in [1.165, 1.54) is 23.4 Å². The molecule has 106 valence electrons. The van der Waals surface area contributed by atoms with Crippen LogP contribution in [0.25, 0.3) is 0 Å². The standard InChI is InChI=1S/C15H19N3OS/c1-19-13-2-4-14(5-3-13)20-15-6-8-18(9-7-15)12-10-16-17-11-12/h2-5,10-11,15H,6-9H2,1H3,(H,16,17). The van der Waals surface area contributed by atoms with Gasteiger partial charge < -0.3 is 9.64 Å². The van der Waals surface area contributed by atoms with Crippen molar-refractivity contribution < 1.29 is 4.74 Å². The molecule has 4 nitrogen and oxygen atoms in total. The third-order valence-corrected chi connectivity index (χ3v) is 5.00. The highest BCUT2D eigenvalue weighted by Gasteiger charge is 2.20. The van der Waals surface area contributed by atoms with Crippen LogP contribution in [0.5, 0.6) is 5.75 Å². The zero-order valence-electron chi connectivity index (χ0n) is 11.6. The summed E-state index contributed by atoms with van der Waals surface area (Å²) in [5.41, 5.74) is 1.21. The third-order valence-electron chi connectivity index (χ3n) is 3.65. The molecule has 2 aromatic rings. The number of nitrogens with zero attached hydrogens (tertiary/aromatic N) is 2. The maximum absolute atomic E-state index is 5.19. The molecule has 0 saturated carbocycles. The van der Waals surface area contributed by atoms with Gasteiger partial charge in [0.05, 0.1) is 19.0 Å². The molecule has 0 bridgehead atoms. The van der Waals surface area contributed by atoms with Gasteiger partial charge in [-0.3, -0.25) is 5.10 Å². The minimum Gasteiger partial charge on any atom is -0.497 e. The average Bonchev–Trinajstić information content (AvgIpc) is 3.03. The normalized spacial score (nSPS) is 16.4. The summed E-state index contributed by atoms with van der Waals surface area (Å²) in [6.07, 6.45) is 6.29. The Morgan fingerprint density at radius 2 is 2.00 bits per heavy atom. The van der Waals surface area contributed by atoms with Crippen molar-refractivity contribution >= 4 is 17.4 Å². The minimum absolute atomic E-state index is 0.701. The fourth-order valence-electron chi connectivity index (χ4n) is 2.50. The molecule has 1 aliphatic rings. The Bertz CT molecular complexity index is 519. The van der Waals surface area contributed by atoms with Gasteiger partial charge in [0, 0.05) is 29.4 Å². The van der Waals surface area contributed by atoms with Gasteiger partial charge in [-0.25, -0.2) is 0 Å². The highest BCUT2D eigenvalue weighted by Crippen LogP contribution is 2.32. The van der Waals surface area contributed by atoms with Gasteiger partial charge in [0.15, 0.2) is 0 Å². The highest BCUT2D eigenvalue weighted by molar-refractivity contribution is 8.00. The summed E-state index contributed by atoms with van der Waals surface area (Å²) in [7, 11) is 1.70. The molecule has 1 saturated heterocycles. The van der Waals surface area contributed by atoms with Gasteiger partial charge in [0.25, 0.3) is 0 Å². The van der Waals surface area contributed by atoms with E-state index in [0.717, 1.165) is 18.8 Å². The monoisotopic (exact) mass is 289 g/mol. The lowest BCUT2D eigenvalue weighted by molar-refractivity contribution is 0.414. The molecular formula is C15H19N3OS. The molecule has 1 N–H and O–H groups in total. The van der Waals surface area contributed by atoms with Gasteiger partial charge in [0.2, 0.25) is 0 Å². The fraction of sp³-hybridized carbons (Fsp3) is 0.400. The first-order valence-corrected chi connectivity index (χ1v) is 7.77. The van der Waals surface area contributed by atoms with Crippen molar-refractivity contribution in [2.75, 3.05) is 25.1 Å². The molecule has 0 amide bonds. The maximum atomic E-state index is 5.19. The van der Waals surface area contributed by atoms with Crippen LogP contribution in [0.15, 0.2) is 41.6 Å². The third kappa shape index (κ3) is 3.10. The van der Waals surface area contributed by atoms with Crippen LogP contribution in [-0.4, -0.2) is 35.6 Å². The van der Waals surface area contributed by atoms with E-state index in [2.05, 4.69) is 27.2 Å². The fourth-order valence-corrected chi connectivity index (χ4v) is 3.62. The number of ether oxygens (including phenoxy) is 1. The average molecular weight is 289 g/mol. The number of H-pyrrole nitrogens is 1. The minimum atomic E-state index is 0.701. The van der Waals surface area contributed by atoms with Crippen molar-refractivity contribution in [2.45, 2.75) is 23.0 Å². The Morgan fingerprint density at radius 3 is 2.60 bits per heavy atom. The number of hydrogen-bond donors (Lipinski definition) is 1. The number of rotatable bonds is 4. The first-order valence-electron chi connectivity index (χ1n) is 6.89. The van der Waals surface area contributed by atoms with Gasteiger partial charge in [-0.2, -0.15) is 5.10 Å². The largest absolute Gasteiger partial charge is 0.497 e. The van der Waals surface area contributed by atoms with Gasteiger partial charge in [-0.1, -0.05) is 0 Å². The molecule has 0 radical (unpaired) electrons. The number of thioether (sulfide) groups is 1. The molecule has 0 atom stereocenters. The SMILES string of the molecule is COc1ccc(SC2CCN(c3cn[nH]c3)CC2)cc1. The van der Waals surface area contributed by atoms with E-state index in [9.17, 15) is 0 Å². The van der Waals surface area contributed by atoms with Crippen molar-refractivity contribution in [2.24, 2.45) is 0 Å². The molecule has 1 aromatic heterocycles. The lowest BCUT2D eigenvalue weighted by Gasteiger charge is -2.32. The van der Waals surface area contributed by atoms with Crippen LogP contribution in [0, 0.1) is 0 Å². The summed E-state index contributed by atoms with van der Waals surface area (Å²) in [5, 5.41) is 7.60.